The molecule has 2 aromatic rings. The third-order valence-corrected chi connectivity index (χ3v) is 5.96. The SMILES string of the molecule is CC(C)c1ccc(-c2csc(CN3CCN(CC(=O)NC(C)(C)C)CC3)n2)cc1. The maximum absolute atomic E-state index is 12.1. The second-order valence-electron chi connectivity index (χ2n) is 9.25. The van der Waals surface area contributed by atoms with Crippen LogP contribution in [0.4, 0.5) is 0 Å². The molecule has 1 fully saturated rings. The molecule has 1 aromatic carbocycles. The van der Waals surface area contributed by atoms with Gasteiger partial charge in [0.2, 0.25) is 5.91 Å². The zero-order valence-corrected chi connectivity index (χ0v) is 19.2. The summed E-state index contributed by atoms with van der Waals surface area (Å²) in [6.45, 7) is 15.6. The van der Waals surface area contributed by atoms with E-state index < -0.39 is 0 Å². The van der Waals surface area contributed by atoms with Crippen LogP contribution in [0.5, 0.6) is 0 Å². The molecule has 5 nitrogen and oxygen atoms in total. The van der Waals surface area contributed by atoms with Crippen molar-refractivity contribution in [3.8, 4) is 11.3 Å². The standard InChI is InChI=1S/C23H34N4OS/c1-17(2)18-6-8-19(9-7-18)20-16-29-22(24-20)15-27-12-10-26(11-13-27)14-21(28)25-23(3,4)5/h6-9,16-17H,10-15H2,1-5H3,(H,25,28). The molecule has 2 heterocycles. The molecule has 158 valence electrons. The molecule has 1 saturated heterocycles. The van der Waals surface area contributed by atoms with E-state index in [0.29, 0.717) is 12.5 Å². The highest BCUT2D eigenvalue weighted by molar-refractivity contribution is 7.09. The first-order valence-corrected chi connectivity index (χ1v) is 11.4. The second kappa shape index (κ2) is 9.37. The Morgan fingerprint density at radius 1 is 1.10 bits per heavy atom. The number of nitrogens with zero attached hydrogens (tertiary/aromatic N) is 3. The van der Waals surface area contributed by atoms with Crippen LogP contribution in [0.1, 0.15) is 51.1 Å². The predicted octanol–water partition coefficient (Wildman–Crippen LogP) is 3.97. The average Bonchev–Trinajstić information content (AvgIpc) is 3.10. The van der Waals surface area contributed by atoms with Crippen molar-refractivity contribution >= 4 is 17.2 Å². The van der Waals surface area contributed by atoms with E-state index in [1.807, 2.05) is 20.8 Å². The van der Waals surface area contributed by atoms with Crippen molar-refractivity contribution in [3.63, 3.8) is 0 Å². The lowest BCUT2D eigenvalue weighted by Crippen LogP contribution is -2.51. The molecular weight excluding hydrogens is 380 g/mol. The van der Waals surface area contributed by atoms with Gasteiger partial charge in [-0.3, -0.25) is 14.6 Å². The minimum Gasteiger partial charge on any atom is -0.350 e. The molecule has 0 unspecified atom stereocenters. The van der Waals surface area contributed by atoms with Crippen molar-refractivity contribution in [2.75, 3.05) is 32.7 Å². The van der Waals surface area contributed by atoms with Gasteiger partial charge in [0.1, 0.15) is 5.01 Å². The Balaban J connectivity index is 1.48. The number of rotatable bonds is 6. The number of amides is 1. The van der Waals surface area contributed by atoms with Crippen molar-refractivity contribution in [2.45, 2.75) is 52.6 Å². The molecule has 0 atom stereocenters. The van der Waals surface area contributed by atoms with Crippen LogP contribution >= 0.6 is 11.3 Å². The Kier molecular flexibility index (Phi) is 7.09. The lowest BCUT2D eigenvalue weighted by Gasteiger charge is -2.34. The van der Waals surface area contributed by atoms with Gasteiger partial charge in [0.15, 0.2) is 0 Å². The van der Waals surface area contributed by atoms with Crippen LogP contribution in [0.15, 0.2) is 29.6 Å². The zero-order valence-electron chi connectivity index (χ0n) is 18.4. The predicted molar refractivity (Wildman–Crippen MR) is 121 cm³/mol. The van der Waals surface area contributed by atoms with E-state index in [9.17, 15) is 4.79 Å². The van der Waals surface area contributed by atoms with Crippen molar-refractivity contribution < 1.29 is 4.79 Å². The fourth-order valence-corrected chi connectivity index (χ4v) is 4.36. The molecule has 0 spiro atoms. The summed E-state index contributed by atoms with van der Waals surface area (Å²) in [4.78, 5) is 21.6. The van der Waals surface area contributed by atoms with Crippen LogP contribution in [0.3, 0.4) is 0 Å². The molecule has 29 heavy (non-hydrogen) atoms. The van der Waals surface area contributed by atoms with Gasteiger partial charge in [-0.25, -0.2) is 4.98 Å². The summed E-state index contributed by atoms with van der Waals surface area (Å²) in [5.41, 5.74) is 3.44. The summed E-state index contributed by atoms with van der Waals surface area (Å²) < 4.78 is 0. The van der Waals surface area contributed by atoms with E-state index in [0.717, 1.165) is 43.4 Å². The van der Waals surface area contributed by atoms with Gasteiger partial charge in [-0.1, -0.05) is 38.1 Å². The Labute approximate surface area is 179 Å². The zero-order chi connectivity index (χ0) is 21.0. The summed E-state index contributed by atoms with van der Waals surface area (Å²) in [6.07, 6.45) is 0. The van der Waals surface area contributed by atoms with E-state index in [-0.39, 0.29) is 11.4 Å². The van der Waals surface area contributed by atoms with Gasteiger partial charge in [-0.05, 0) is 32.3 Å². The average molecular weight is 415 g/mol. The third-order valence-electron chi connectivity index (χ3n) is 5.13. The number of piperazine rings is 1. The molecule has 0 radical (unpaired) electrons. The molecule has 1 aromatic heterocycles. The summed E-state index contributed by atoms with van der Waals surface area (Å²) in [6, 6.07) is 8.76. The summed E-state index contributed by atoms with van der Waals surface area (Å²) in [7, 11) is 0. The van der Waals surface area contributed by atoms with Crippen LogP contribution in [0.2, 0.25) is 0 Å². The van der Waals surface area contributed by atoms with Gasteiger partial charge in [0, 0.05) is 42.7 Å². The number of hydrogen-bond donors (Lipinski definition) is 1. The first kappa shape index (κ1) is 21.9. The van der Waals surface area contributed by atoms with Crippen LogP contribution < -0.4 is 5.32 Å². The fourth-order valence-electron chi connectivity index (χ4n) is 3.51. The highest BCUT2D eigenvalue weighted by Gasteiger charge is 2.21. The molecular formula is C23H34N4OS. The van der Waals surface area contributed by atoms with Gasteiger partial charge in [-0.15, -0.1) is 11.3 Å². The van der Waals surface area contributed by atoms with E-state index in [4.69, 9.17) is 4.98 Å². The quantitative estimate of drug-likeness (QED) is 0.777. The monoisotopic (exact) mass is 414 g/mol. The van der Waals surface area contributed by atoms with Gasteiger partial charge in [0.25, 0.3) is 0 Å². The van der Waals surface area contributed by atoms with Crippen LogP contribution in [0.25, 0.3) is 11.3 Å². The molecule has 1 aliphatic rings. The topological polar surface area (TPSA) is 48.5 Å². The molecule has 6 heteroatoms. The minimum atomic E-state index is -0.170. The van der Waals surface area contributed by atoms with Gasteiger partial charge < -0.3 is 5.32 Å². The summed E-state index contributed by atoms with van der Waals surface area (Å²) in [5.74, 6) is 0.659. The van der Waals surface area contributed by atoms with Crippen LogP contribution in [0, 0.1) is 0 Å². The number of nitrogens with one attached hydrogen (secondary N) is 1. The van der Waals surface area contributed by atoms with Gasteiger partial charge in [0.05, 0.1) is 18.8 Å². The number of hydrogen-bond acceptors (Lipinski definition) is 5. The Hall–Kier alpha value is -1.76. The van der Waals surface area contributed by atoms with Crippen molar-refractivity contribution in [1.29, 1.82) is 0 Å². The number of benzene rings is 1. The summed E-state index contributed by atoms with van der Waals surface area (Å²) in [5, 5.41) is 6.36. The van der Waals surface area contributed by atoms with Gasteiger partial charge >= 0.3 is 0 Å². The summed E-state index contributed by atoms with van der Waals surface area (Å²) >= 11 is 1.74. The lowest BCUT2D eigenvalue weighted by atomic mass is 10.0. The van der Waals surface area contributed by atoms with E-state index in [2.05, 4.69) is 58.6 Å². The Morgan fingerprint density at radius 2 is 1.72 bits per heavy atom. The first-order chi connectivity index (χ1) is 13.7. The molecule has 1 amide bonds. The van der Waals surface area contributed by atoms with E-state index in [1.54, 1.807) is 11.3 Å². The fraction of sp³-hybridized carbons (Fsp3) is 0.565. The van der Waals surface area contributed by atoms with Crippen LogP contribution in [-0.4, -0.2) is 59.0 Å². The second-order valence-corrected chi connectivity index (χ2v) is 10.2. The van der Waals surface area contributed by atoms with E-state index in [1.165, 1.54) is 11.1 Å². The first-order valence-electron chi connectivity index (χ1n) is 10.5. The normalized spacial score (nSPS) is 16.3. The third kappa shape index (κ3) is 6.63. The van der Waals surface area contributed by atoms with E-state index >= 15 is 0 Å². The minimum absolute atomic E-state index is 0.110. The lowest BCUT2D eigenvalue weighted by molar-refractivity contribution is -0.124. The Bertz CT molecular complexity index is 799. The molecule has 0 saturated carbocycles. The molecule has 1 N–H and O–H groups in total. The number of aromatic nitrogens is 1. The number of carbonyl (C=O) groups is 1. The maximum atomic E-state index is 12.1. The van der Waals surface area contributed by atoms with Gasteiger partial charge in [-0.2, -0.15) is 0 Å². The van der Waals surface area contributed by atoms with Crippen molar-refractivity contribution in [2.24, 2.45) is 0 Å². The maximum Gasteiger partial charge on any atom is 0.234 e. The number of thiazole rings is 1. The molecule has 3 rings (SSSR count). The highest BCUT2D eigenvalue weighted by atomic mass is 32.1. The molecule has 0 bridgehead atoms. The van der Waals surface area contributed by atoms with Crippen LogP contribution in [-0.2, 0) is 11.3 Å². The highest BCUT2D eigenvalue weighted by Crippen LogP contribution is 2.25. The smallest absolute Gasteiger partial charge is 0.234 e. The largest absolute Gasteiger partial charge is 0.350 e. The Morgan fingerprint density at radius 3 is 2.31 bits per heavy atom. The van der Waals surface area contributed by atoms with Crippen molar-refractivity contribution in [3.05, 3.63) is 40.2 Å². The molecule has 0 aliphatic carbocycles. The van der Waals surface area contributed by atoms with Crippen molar-refractivity contribution in [1.82, 2.24) is 20.1 Å². The molecule has 1 aliphatic heterocycles. The number of carbonyl (C=O) groups excluding carboxylic acids is 1.